The summed E-state index contributed by atoms with van der Waals surface area (Å²) in [6.07, 6.45) is -1.59. The van der Waals surface area contributed by atoms with E-state index in [4.69, 9.17) is 5.73 Å². The van der Waals surface area contributed by atoms with Crippen molar-refractivity contribution in [3.05, 3.63) is 59.8 Å². The maximum absolute atomic E-state index is 13.7. The van der Waals surface area contributed by atoms with Crippen molar-refractivity contribution in [1.29, 1.82) is 0 Å². The monoisotopic (exact) mass is 619 g/mol. The highest BCUT2D eigenvalue weighted by Crippen LogP contribution is 2.37. The molecule has 0 saturated carbocycles. The molecule has 1 saturated heterocycles. The van der Waals surface area contributed by atoms with E-state index in [1.807, 2.05) is 6.92 Å². The molecule has 1 fully saturated rings. The maximum atomic E-state index is 13.7. The highest BCUT2D eigenvalue weighted by Gasteiger charge is 2.38. The molecule has 3 aromatic heterocycles. The van der Waals surface area contributed by atoms with Gasteiger partial charge in [-0.3, -0.25) is 18.7 Å². The Morgan fingerprint density at radius 2 is 2.00 bits per heavy atom. The smallest absolute Gasteiger partial charge is 0.343 e. The number of amides is 2. The number of nitrogens with one attached hydrogen (secondary N) is 2. The van der Waals surface area contributed by atoms with E-state index in [-0.39, 0.29) is 35.5 Å². The third-order valence-corrected chi connectivity index (χ3v) is 7.42. The van der Waals surface area contributed by atoms with Crippen LogP contribution in [0, 0.1) is 5.92 Å². The van der Waals surface area contributed by atoms with Gasteiger partial charge in [-0.05, 0) is 49.1 Å². The molecule has 1 unspecified atom stereocenters. The zero-order valence-electron chi connectivity index (χ0n) is 23.6. The van der Waals surface area contributed by atoms with Crippen LogP contribution >= 0.6 is 0 Å². The largest absolute Gasteiger partial charge is 0.435 e. The average Bonchev–Trinajstić information content (AvgIpc) is 3.74. The van der Waals surface area contributed by atoms with Crippen molar-refractivity contribution in [1.82, 2.24) is 34.4 Å². The van der Waals surface area contributed by atoms with Crippen LogP contribution in [0.3, 0.4) is 0 Å². The fraction of sp³-hybridized carbons (Fsp3) is 0.393. The predicted molar refractivity (Wildman–Crippen MR) is 150 cm³/mol. The molecule has 16 heteroatoms. The number of aryl methyl sites for hydroxylation is 1. The molecular weight excluding hydrogens is 589 g/mol. The fourth-order valence-electron chi connectivity index (χ4n) is 5.20. The number of carbonyl (C=O) groups excluding carboxylic acids is 2. The third-order valence-electron chi connectivity index (χ3n) is 7.42. The van der Waals surface area contributed by atoms with E-state index < -0.39 is 36.3 Å². The molecule has 2 amide bonds. The summed E-state index contributed by atoms with van der Waals surface area (Å²) in [7, 11) is 0. The number of anilines is 2. The zero-order valence-corrected chi connectivity index (χ0v) is 23.6. The van der Waals surface area contributed by atoms with Crippen molar-refractivity contribution >= 4 is 29.0 Å². The molecule has 0 bridgehead atoms. The number of carbonyl (C=O) groups is 2. The Morgan fingerprint density at radius 3 is 2.68 bits per heavy atom. The van der Waals surface area contributed by atoms with Gasteiger partial charge in [-0.15, -0.1) is 0 Å². The van der Waals surface area contributed by atoms with E-state index in [1.54, 1.807) is 23.1 Å². The number of hydrogen-bond donors (Lipinski definition) is 3. The van der Waals surface area contributed by atoms with E-state index >= 15 is 0 Å². The van der Waals surface area contributed by atoms with Crippen LogP contribution in [0.4, 0.5) is 33.5 Å². The first kappa shape index (κ1) is 30.8. The van der Waals surface area contributed by atoms with Gasteiger partial charge in [0, 0.05) is 42.9 Å². The lowest BCUT2D eigenvalue weighted by Gasteiger charge is -2.17. The van der Waals surface area contributed by atoms with Crippen molar-refractivity contribution in [3.63, 3.8) is 0 Å². The van der Waals surface area contributed by atoms with Gasteiger partial charge in [0.05, 0.1) is 24.0 Å². The summed E-state index contributed by atoms with van der Waals surface area (Å²) in [5.74, 6) is -0.0990. The Labute approximate surface area is 248 Å². The number of alkyl halides is 5. The van der Waals surface area contributed by atoms with Crippen LogP contribution in [0.1, 0.15) is 35.0 Å². The van der Waals surface area contributed by atoms with Crippen LogP contribution in [-0.2, 0) is 23.9 Å². The van der Waals surface area contributed by atoms with Crippen molar-refractivity contribution < 1.29 is 31.5 Å². The van der Waals surface area contributed by atoms with Crippen molar-refractivity contribution in [2.75, 3.05) is 31.5 Å². The quantitative estimate of drug-likeness (QED) is 0.230. The van der Waals surface area contributed by atoms with Gasteiger partial charge >= 0.3 is 6.18 Å². The van der Waals surface area contributed by atoms with Gasteiger partial charge in [-0.2, -0.15) is 18.3 Å². The Hall–Kier alpha value is -4.60. The first-order valence-electron chi connectivity index (χ1n) is 13.9. The summed E-state index contributed by atoms with van der Waals surface area (Å²) in [4.78, 5) is 35.6. The topological polar surface area (TPSA) is 135 Å². The van der Waals surface area contributed by atoms with Gasteiger partial charge in [0.15, 0.2) is 17.2 Å². The van der Waals surface area contributed by atoms with Gasteiger partial charge in [-0.1, -0.05) is 6.92 Å². The number of hydrogen-bond acceptors (Lipinski definition) is 7. The predicted octanol–water partition coefficient (Wildman–Crippen LogP) is 3.72. The zero-order chi connectivity index (χ0) is 31.6. The van der Waals surface area contributed by atoms with Crippen LogP contribution in [0.25, 0.3) is 16.9 Å². The van der Waals surface area contributed by atoms with Crippen molar-refractivity contribution in [2.24, 2.45) is 11.7 Å². The SMILES string of the molecule is CCc1cc(Nc2nccn3c(-c4cn(CC(F)F)nc4C(F)(F)F)cnc23)ccc1C(=O)NCC(=O)N1CCC(CN)C1. The van der Waals surface area contributed by atoms with E-state index in [1.165, 1.54) is 23.0 Å². The summed E-state index contributed by atoms with van der Waals surface area (Å²) in [6, 6.07) is 4.97. The van der Waals surface area contributed by atoms with Crippen LogP contribution < -0.4 is 16.4 Å². The van der Waals surface area contributed by atoms with Crippen LogP contribution in [0.15, 0.2) is 43.0 Å². The molecule has 1 aliphatic heterocycles. The molecule has 1 aliphatic rings. The highest BCUT2D eigenvalue weighted by atomic mass is 19.4. The molecule has 4 aromatic rings. The fourth-order valence-corrected chi connectivity index (χ4v) is 5.20. The van der Waals surface area contributed by atoms with Crippen LogP contribution in [0.5, 0.6) is 0 Å². The van der Waals surface area contributed by atoms with Gasteiger partial charge in [0.25, 0.3) is 12.3 Å². The number of halogens is 5. The Morgan fingerprint density at radius 1 is 1.20 bits per heavy atom. The summed E-state index contributed by atoms with van der Waals surface area (Å²) in [6.45, 7) is 2.44. The second kappa shape index (κ2) is 12.6. The van der Waals surface area contributed by atoms with E-state index in [2.05, 4.69) is 25.7 Å². The lowest BCUT2D eigenvalue weighted by atomic mass is 10.0. The van der Waals surface area contributed by atoms with Crippen molar-refractivity contribution in [3.8, 4) is 11.3 Å². The normalized spacial score (nSPS) is 15.4. The minimum atomic E-state index is -4.89. The van der Waals surface area contributed by atoms with Gasteiger partial charge < -0.3 is 21.3 Å². The van der Waals surface area contributed by atoms with Gasteiger partial charge in [0.2, 0.25) is 5.91 Å². The summed E-state index contributed by atoms with van der Waals surface area (Å²) in [5, 5.41) is 9.12. The second-order valence-corrected chi connectivity index (χ2v) is 10.4. The summed E-state index contributed by atoms with van der Waals surface area (Å²) < 4.78 is 68.9. The van der Waals surface area contributed by atoms with E-state index in [9.17, 15) is 31.5 Å². The number of nitrogens with zero attached hydrogens (tertiary/aromatic N) is 6. The molecule has 234 valence electrons. The average molecular weight is 620 g/mol. The number of imidazole rings is 1. The number of fused-ring (bicyclic) bond motifs is 1. The molecule has 5 rings (SSSR count). The van der Waals surface area contributed by atoms with Crippen LogP contribution in [-0.4, -0.2) is 73.5 Å². The second-order valence-electron chi connectivity index (χ2n) is 10.4. The number of aromatic nitrogens is 5. The molecule has 11 nitrogen and oxygen atoms in total. The van der Waals surface area contributed by atoms with Crippen molar-refractivity contribution in [2.45, 2.75) is 38.9 Å². The molecule has 1 atom stereocenters. The minimum Gasteiger partial charge on any atom is -0.343 e. The molecule has 4 N–H and O–H groups in total. The third kappa shape index (κ3) is 6.49. The molecule has 4 heterocycles. The molecule has 44 heavy (non-hydrogen) atoms. The number of benzene rings is 1. The first-order valence-corrected chi connectivity index (χ1v) is 13.9. The molecule has 1 aromatic carbocycles. The molecular formula is C28H30F5N9O2. The van der Waals surface area contributed by atoms with Gasteiger partial charge in [-0.25, -0.2) is 18.7 Å². The Kier molecular flexibility index (Phi) is 8.80. The minimum absolute atomic E-state index is 0.0124. The maximum Gasteiger partial charge on any atom is 0.435 e. The number of likely N-dealkylation sites (tertiary alicyclic amines) is 1. The summed E-state index contributed by atoms with van der Waals surface area (Å²) >= 11 is 0. The van der Waals surface area contributed by atoms with Crippen LogP contribution in [0.2, 0.25) is 0 Å². The Bertz CT molecular complexity index is 1670. The molecule has 0 spiro atoms. The van der Waals surface area contributed by atoms with E-state index in [0.717, 1.165) is 12.6 Å². The highest BCUT2D eigenvalue weighted by molar-refractivity contribution is 5.98. The number of nitrogens with two attached hydrogens (primary N) is 1. The van der Waals surface area contributed by atoms with E-state index in [0.29, 0.717) is 47.6 Å². The Balaban J connectivity index is 1.35. The molecule has 0 aliphatic carbocycles. The molecule has 0 radical (unpaired) electrons. The van der Waals surface area contributed by atoms with Gasteiger partial charge in [0.1, 0.15) is 6.54 Å². The lowest BCUT2D eigenvalue weighted by Crippen LogP contribution is -2.39. The number of rotatable bonds is 10. The lowest BCUT2D eigenvalue weighted by molar-refractivity contribution is -0.141. The summed E-state index contributed by atoms with van der Waals surface area (Å²) in [5.41, 5.74) is 5.74. The standard InChI is InChI=1S/C28H30F5N9O2/c1-2-17-9-18(3-4-19(17)27(44)37-12-23(43)40-7-5-16(10-34)13-40)38-25-26-36-11-21(42(26)8-6-35-25)20-14-41(15-22(29)30)39-24(20)28(31,32)33/h3-4,6,8-9,11,14,16,22H,2,5,7,10,12-13,15,34H2,1H3,(H,35,38)(H,37,44). The first-order chi connectivity index (χ1) is 21.0.